The van der Waals surface area contributed by atoms with Gasteiger partial charge in [0.05, 0.1) is 30.1 Å². The summed E-state index contributed by atoms with van der Waals surface area (Å²) in [6, 6.07) is 25.1. The van der Waals surface area contributed by atoms with Gasteiger partial charge in [0.1, 0.15) is 12.1 Å². The van der Waals surface area contributed by atoms with E-state index in [9.17, 15) is 29.4 Å². The van der Waals surface area contributed by atoms with Crippen molar-refractivity contribution in [3.63, 3.8) is 0 Å². The van der Waals surface area contributed by atoms with Crippen LogP contribution < -0.4 is 10.6 Å². The summed E-state index contributed by atoms with van der Waals surface area (Å²) in [6.07, 6.45) is -0.0802. The molecule has 5 amide bonds. The first-order valence-corrected chi connectivity index (χ1v) is 21.9. The lowest BCUT2D eigenvalue weighted by molar-refractivity contribution is -0.133. The van der Waals surface area contributed by atoms with Crippen LogP contribution in [-0.4, -0.2) is 108 Å². The summed E-state index contributed by atoms with van der Waals surface area (Å²) in [5, 5.41) is 29.1. The van der Waals surface area contributed by atoms with Crippen molar-refractivity contribution in [3.05, 3.63) is 120 Å². The van der Waals surface area contributed by atoms with Crippen molar-refractivity contribution >= 4 is 23.9 Å². The first-order chi connectivity index (χ1) is 29.5. The average Bonchev–Trinajstić information content (AvgIpc) is 3.53. The molecule has 13 nitrogen and oxygen atoms in total. The molecular formula is C50H67N7O6. The molecule has 0 bridgehead atoms. The summed E-state index contributed by atoms with van der Waals surface area (Å²) in [4.78, 5) is 69.6. The fourth-order valence-electron chi connectivity index (χ4n) is 8.53. The SMILES string of the molecule is Cc1cccc(CN2CCN([C@H](C(=O)N[C@@H](Cc3ccccc3)[C@@H](O)C[C@H](Cc3ccc(-c4ccccn4)cc3)NC(=O)[C@@H](N(C(=O)O)C(C)(C)C)C(C)(C)C)C(C)(C)C)C2=O)n1. The number of nitrogens with one attached hydrogen (secondary N) is 2. The third-order valence-corrected chi connectivity index (χ3v) is 11.4. The van der Waals surface area contributed by atoms with Crippen LogP contribution in [0.15, 0.2) is 97.2 Å². The molecule has 338 valence electrons. The van der Waals surface area contributed by atoms with E-state index in [0.29, 0.717) is 26.1 Å². The maximum Gasteiger partial charge on any atom is 0.408 e. The van der Waals surface area contributed by atoms with Crippen LogP contribution in [-0.2, 0) is 29.0 Å². The number of pyridine rings is 2. The predicted octanol–water partition coefficient (Wildman–Crippen LogP) is 7.50. The van der Waals surface area contributed by atoms with Crippen LogP contribution in [0, 0.1) is 17.8 Å². The molecule has 3 heterocycles. The zero-order valence-corrected chi connectivity index (χ0v) is 38.6. The van der Waals surface area contributed by atoms with Gasteiger partial charge in [0, 0.05) is 42.1 Å². The van der Waals surface area contributed by atoms with Crippen LogP contribution in [0.2, 0.25) is 0 Å². The Bertz CT molecular complexity index is 2160. The van der Waals surface area contributed by atoms with Gasteiger partial charge in [0.2, 0.25) is 11.8 Å². The van der Waals surface area contributed by atoms with E-state index in [2.05, 4.69) is 20.6 Å². The Labute approximate surface area is 373 Å². The van der Waals surface area contributed by atoms with E-state index in [-0.39, 0.29) is 18.9 Å². The summed E-state index contributed by atoms with van der Waals surface area (Å²) < 4.78 is 0. The van der Waals surface area contributed by atoms with E-state index in [1.165, 1.54) is 4.90 Å². The van der Waals surface area contributed by atoms with Gasteiger partial charge in [-0.25, -0.2) is 9.59 Å². The zero-order valence-electron chi connectivity index (χ0n) is 38.6. The number of nitrogens with zero attached hydrogens (tertiary/aromatic N) is 5. The minimum Gasteiger partial charge on any atom is -0.465 e. The third-order valence-electron chi connectivity index (χ3n) is 11.4. The monoisotopic (exact) mass is 862 g/mol. The second kappa shape index (κ2) is 20.1. The van der Waals surface area contributed by atoms with Crippen molar-refractivity contribution in [1.82, 2.24) is 35.3 Å². The van der Waals surface area contributed by atoms with Crippen LogP contribution in [0.1, 0.15) is 91.2 Å². The smallest absolute Gasteiger partial charge is 0.408 e. The number of rotatable bonds is 16. The summed E-state index contributed by atoms with van der Waals surface area (Å²) in [5.74, 6) is -0.885. The Morgan fingerprint density at radius 3 is 1.98 bits per heavy atom. The van der Waals surface area contributed by atoms with Crippen molar-refractivity contribution in [2.24, 2.45) is 10.8 Å². The quantitative estimate of drug-likeness (QED) is 0.0899. The minimum absolute atomic E-state index is 0.0189. The van der Waals surface area contributed by atoms with E-state index >= 15 is 0 Å². The molecule has 5 atom stereocenters. The summed E-state index contributed by atoms with van der Waals surface area (Å²) in [5.41, 5.74) is 2.72. The normalized spacial score (nSPS) is 15.9. The van der Waals surface area contributed by atoms with Crippen molar-refractivity contribution in [3.8, 4) is 11.3 Å². The lowest BCUT2D eigenvalue weighted by atomic mass is 9.82. The Morgan fingerprint density at radius 1 is 0.762 bits per heavy atom. The molecular weight excluding hydrogens is 795 g/mol. The van der Waals surface area contributed by atoms with E-state index < -0.39 is 64.5 Å². The second-order valence-corrected chi connectivity index (χ2v) is 20.0. The Kier molecular flexibility index (Phi) is 15.4. The van der Waals surface area contributed by atoms with Gasteiger partial charge in [0.25, 0.3) is 0 Å². The van der Waals surface area contributed by atoms with E-state index in [1.807, 2.05) is 139 Å². The molecule has 1 fully saturated rings. The highest BCUT2D eigenvalue weighted by Crippen LogP contribution is 2.32. The number of amides is 5. The maximum atomic E-state index is 14.7. The molecule has 4 aromatic rings. The van der Waals surface area contributed by atoms with Gasteiger partial charge in [0.15, 0.2) is 0 Å². The number of carbonyl (C=O) groups excluding carboxylic acids is 3. The average molecular weight is 862 g/mol. The van der Waals surface area contributed by atoms with E-state index in [4.69, 9.17) is 0 Å². The standard InChI is InChI=1S/C50H67N7O6/c1-33-17-16-20-37(52-33)32-55-27-28-56(46(55)61)42(48(2,3)4)44(59)54-40(30-34-18-12-11-13-19-34)41(58)31-38(29-35-22-24-36(25-23-35)39-21-14-15-26-51-39)53-45(60)43(49(5,6)7)57(47(62)63)50(8,9)10/h11-26,38,40-43,58H,27-32H2,1-10H3,(H,53,60)(H,54,59)(H,62,63)/t38-,40-,41-,42+,43+/m0/s1. The van der Waals surface area contributed by atoms with Gasteiger partial charge in [-0.05, 0) is 93.2 Å². The number of aryl methyl sites for hydroxylation is 1. The number of carboxylic acid groups (broad SMARTS) is 1. The Balaban J connectivity index is 1.46. The molecule has 1 aliphatic heterocycles. The van der Waals surface area contributed by atoms with Crippen LogP contribution >= 0.6 is 0 Å². The summed E-state index contributed by atoms with van der Waals surface area (Å²) in [6.45, 7) is 19.5. The topological polar surface area (TPSA) is 168 Å². The van der Waals surface area contributed by atoms with Gasteiger partial charge < -0.3 is 30.6 Å². The molecule has 5 rings (SSSR count). The van der Waals surface area contributed by atoms with Crippen molar-refractivity contribution in [2.75, 3.05) is 13.1 Å². The molecule has 13 heteroatoms. The van der Waals surface area contributed by atoms with E-state index in [1.54, 1.807) is 36.8 Å². The molecule has 1 aliphatic rings. The molecule has 2 aromatic carbocycles. The Hall–Kier alpha value is -5.82. The van der Waals surface area contributed by atoms with Crippen LogP contribution in [0.4, 0.5) is 9.59 Å². The van der Waals surface area contributed by atoms with Crippen LogP contribution in [0.3, 0.4) is 0 Å². The molecule has 0 spiro atoms. The highest BCUT2D eigenvalue weighted by atomic mass is 16.4. The Morgan fingerprint density at radius 2 is 1.41 bits per heavy atom. The molecule has 0 unspecified atom stereocenters. The lowest BCUT2D eigenvalue weighted by Gasteiger charge is -2.45. The molecule has 0 aliphatic carbocycles. The van der Waals surface area contributed by atoms with Gasteiger partial charge in [-0.3, -0.25) is 24.5 Å². The van der Waals surface area contributed by atoms with Crippen molar-refractivity contribution in [1.29, 1.82) is 0 Å². The first-order valence-electron chi connectivity index (χ1n) is 21.9. The molecule has 0 radical (unpaired) electrons. The zero-order chi connectivity index (χ0) is 46.3. The van der Waals surface area contributed by atoms with Crippen molar-refractivity contribution in [2.45, 2.75) is 131 Å². The van der Waals surface area contributed by atoms with E-state index in [0.717, 1.165) is 33.8 Å². The van der Waals surface area contributed by atoms with Crippen LogP contribution in [0.5, 0.6) is 0 Å². The van der Waals surface area contributed by atoms with Gasteiger partial charge in [-0.1, -0.05) is 108 Å². The third kappa shape index (κ3) is 12.9. The molecule has 63 heavy (non-hydrogen) atoms. The van der Waals surface area contributed by atoms with Gasteiger partial charge in [-0.15, -0.1) is 0 Å². The number of carbonyl (C=O) groups is 4. The largest absolute Gasteiger partial charge is 0.465 e. The van der Waals surface area contributed by atoms with Gasteiger partial charge in [-0.2, -0.15) is 0 Å². The number of hydrogen-bond donors (Lipinski definition) is 4. The fraction of sp³-hybridized carbons (Fsp3) is 0.480. The lowest BCUT2D eigenvalue weighted by Crippen LogP contribution is -2.62. The molecule has 0 saturated carbocycles. The predicted molar refractivity (Wildman–Crippen MR) is 246 cm³/mol. The number of aliphatic hydroxyl groups is 1. The number of benzene rings is 2. The molecule has 1 saturated heterocycles. The van der Waals surface area contributed by atoms with Gasteiger partial charge >= 0.3 is 12.1 Å². The number of hydrogen-bond acceptors (Lipinski definition) is 7. The fourth-order valence-corrected chi connectivity index (χ4v) is 8.53. The highest BCUT2D eigenvalue weighted by molar-refractivity contribution is 5.89. The first kappa shape index (κ1) is 48.2. The highest BCUT2D eigenvalue weighted by Gasteiger charge is 2.46. The minimum atomic E-state index is -1.22. The van der Waals surface area contributed by atoms with Crippen molar-refractivity contribution < 1.29 is 29.4 Å². The summed E-state index contributed by atoms with van der Waals surface area (Å²) in [7, 11) is 0. The number of urea groups is 1. The number of aliphatic hydroxyl groups excluding tert-OH is 1. The summed E-state index contributed by atoms with van der Waals surface area (Å²) >= 11 is 0. The maximum absolute atomic E-state index is 14.7. The molecule has 4 N–H and O–H groups in total. The number of aromatic nitrogens is 2. The molecule has 2 aromatic heterocycles. The van der Waals surface area contributed by atoms with Crippen LogP contribution in [0.25, 0.3) is 11.3 Å². The second-order valence-electron chi connectivity index (χ2n) is 20.0.